The second-order valence-corrected chi connectivity index (χ2v) is 4.30. The van der Waals surface area contributed by atoms with Crippen LogP contribution in [-0.4, -0.2) is 23.0 Å². The van der Waals surface area contributed by atoms with Gasteiger partial charge in [-0.05, 0) is 24.3 Å². The summed E-state index contributed by atoms with van der Waals surface area (Å²) in [4.78, 5) is 21.2. The summed E-state index contributed by atoms with van der Waals surface area (Å²) >= 11 is 0. The summed E-state index contributed by atoms with van der Waals surface area (Å²) in [5.41, 5.74) is 5.92. The Bertz CT molecular complexity index is 687. The van der Waals surface area contributed by atoms with E-state index in [1.54, 1.807) is 12.1 Å². The number of guanidine groups is 1. The molecule has 0 atom stereocenters. The number of para-hydroxylation sites is 2. The third-order valence-electron chi connectivity index (χ3n) is 2.42. The molecule has 0 heterocycles. The minimum absolute atomic E-state index is 0.0160. The molecule has 2 rings (SSSR count). The van der Waals surface area contributed by atoms with E-state index in [0.29, 0.717) is 0 Å². The Labute approximate surface area is 133 Å². The van der Waals surface area contributed by atoms with Crippen molar-refractivity contribution in [2.75, 3.05) is 5.32 Å². The van der Waals surface area contributed by atoms with Gasteiger partial charge in [0, 0.05) is 12.6 Å². The third-order valence-corrected chi connectivity index (χ3v) is 2.42. The van der Waals surface area contributed by atoms with E-state index in [1.807, 2.05) is 30.3 Å². The van der Waals surface area contributed by atoms with Crippen molar-refractivity contribution < 1.29 is 19.4 Å². The zero-order valence-electron chi connectivity index (χ0n) is 12.4. The van der Waals surface area contributed by atoms with Crippen LogP contribution >= 0.6 is 0 Å². The average molecular weight is 315 g/mol. The van der Waals surface area contributed by atoms with Crippen molar-refractivity contribution in [1.82, 2.24) is 0 Å². The van der Waals surface area contributed by atoms with Gasteiger partial charge in [0.15, 0.2) is 5.96 Å². The lowest BCUT2D eigenvalue weighted by molar-refractivity contribution is -0.131. The highest BCUT2D eigenvalue weighted by atomic mass is 16.5. The quantitative estimate of drug-likeness (QED) is 0.298. The molecule has 0 aliphatic rings. The van der Waals surface area contributed by atoms with Crippen LogP contribution in [0.5, 0.6) is 5.75 Å². The molecule has 0 aliphatic heterocycles. The van der Waals surface area contributed by atoms with Crippen LogP contribution in [-0.2, 0) is 4.79 Å². The lowest BCUT2D eigenvalue weighted by Crippen LogP contribution is -2.20. The summed E-state index contributed by atoms with van der Waals surface area (Å²) in [7, 11) is 0. The van der Waals surface area contributed by atoms with E-state index >= 15 is 0 Å². The third kappa shape index (κ3) is 6.76. The van der Waals surface area contributed by atoms with Crippen LogP contribution in [0.25, 0.3) is 0 Å². The minimum Gasteiger partial charge on any atom is -0.478 e. The van der Waals surface area contributed by atoms with Gasteiger partial charge in [-0.3, -0.25) is 10.2 Å². The normalized spacial score (nSPS) is 9.09. The Hall–Kier alpha value is -3.35. The zero-order chi connectivity index (χ0) is 17.2. The van der Waals surface area contributed by atoms with Crippen molar-refractivity contribution in [3.8, 4) is 5.75 Å². The maximum atomic E-state index is 10.6. The molecule has 0 saturated carbocycles. The zero-order valence-corrected chi connectivity index (χ0v) is 12.4. The number of carbonyl (C=O) groups excluding carboxylic acids is 1. The first-order valence-corrected chi connectivity index (χ1v) is 6.57. The van der Waals surface area contributed by atoms with Crippen LogP contribution in [0.1, 0.15) is 17.3 Å². The van der Waals surface area contributed by atoms with Crippen LogP contribution in [0.3, 0.4) is 0 Å². The number of hydrogen-bond acceptors (Lipinski definition) is 4. The predicted molar refractivity (Wildman–Crippen MR) is 86.7 cm³/mol. The SMILES string of the molecule is CC(=O)Oc1ccccc1C(=O)O.N=C(N)Nc1ccccc1. The molecule has 2 aromatic rings. The van der Waals surface area contributed by atoms with Crippen LogP contribution in [0.15, 0.2) is 54.6 Å². The van der Waals surface area contributed by atoms with Crippen molar-refractivity contribution in [2.24, 2.45) is 5.73 Å². The van der Waals surface area contributed by atoms with Gasteiger partial charge in [-0.1, -0.05) is 30.3 Å². The number of carboxylic acids is 1. The van der Waals surface area contributed by atoms with Gasteiger partial charge in [0.05, 0.1) is 0 Å². The monoisotopic (exact) mass is 315 g/mol. The van der Waals surface area contributed by atoms with Crippen LogP contribution in [0.4, 0.5) is 5.69 Å². The number of hydrogen-bond donors (Lipinski definition) is 4. The Morgan fingerprint density at radius 3 is 2.17 bits per heavy atom. The molecular formula is C16H17N3O4. The molecule has 2 aromatic carbocycles. The van der Waals surface area contributed by atoms with Crippen molar-refractivity contribution >= 4 is 23.6 Å². The summed E-state index contributed by atoms with van der Waals surface area (Å²) in [5, 5.41) is 18.3. The molecule has 0 unspecified atom stereocenters. The minimum atomic E-state index is -1.11. The lowest BCUT2D eigenvalue weighted by atomic mass is 10.2. The highest BCUT2D eigenvalue weighted by Crippen LogP contribution is 2.17. The smallest absolute Gasteiger partial charge is 0.339 e. The number of carbonyl (C=O) groups is 2. The van der Waals surface area contributed by atoms with E-state index in [2.05, 4.69) is 10.1 Å². The molecule has 7 heteroatoms. The fraction of sp³-hybridized carbons (Fsp3) is 0.0625. The van der Waals surface area contributed by atoms with Crippen molar-refractivity contribution in [1.29, 1.82) is 5.41 Å². The highest BCUT2D eigenvalue weighted by Gasteiger charge is 2.10. The topological polar surface area (TPSA) is 126 Å². The van der Waals surface area contributed by atoms with Crippen molar-refractivity contribution in [3.63, 3.8) is 0 Å². The maximum Gasteiger partial charge on any atom is 0.339 e. The van der Waals surface area contributed by atoms with Gasteiger partial charge in [-0.25, -0.2) is 4.79 Å². The first kappa shape index (κ1) is 17.7. The van der Waals surface area contributed by atoms with E-state index in [9.17, 15) is 9.59 Å². The molecule has 0 amide bonds. The first-order chi connectivity index (χ1) is 10.9. The van der Waals surface area contributed by atoms with Crippen LogP contribution in [0, 0.1) is 5.41 Å². The summed E-state index contributed by atoms with van der Waals surface area (Å²) in [6, 6.07) is 15.3. The highest BCUT2D eigenvalue weighted by molar-refractivity contribution is 5.91. The van der Waals surface area contributed by atoms with Gasteiger partial charge in [0.2, 0.25) is 0 Å². The maximum absolute atomic E-state index is 10.6. The summed E-state index contributed by atoms with van der Waals surface area (Å²) in [6.07, 6.45) is 0. The van der Waals surface area contributed by atoms with Gasteiger partial charge >= 0.3 is 11.9 Å². The summed E-state index contributed by atoms with van der Waals surface area (Å²) in [5.74, 6) is -1.61. The Morgan fingerprint density at radius 2 is 1.65 bits per heavy atom. The van der Waals surface area contributed by atoms with Crippen molar-refractivity contribution in [3.05, 3.63) is 60.2 Å². The van der Waals surface area contributed by atoms with Gasteiger partial charge in [0.1, 0.15) is 11.3 Å². The van der Waals surface area contributed by atoms with E-state index in [4.69, 9.17) is 16.2 Å². The van der Waals surface area contributed by atoms with Gasteiger partial charge in [-0.15, -0.1) is 0 Å². The second kappa shape index (κ2) is 8.83. The van der Waals surface area contributed by atoms with Crippen LogP contribution in [0.2, 0.25) is 0 Å². The van der Waals surface area contributed by atoms with E-state index in [-0.39, 0.29) is 17.3 Å². The molecule has 0 aliphatic carbocycles. The standard InChI is InChI=1S/C9H8O4.C7H9N3/c1-6(10)13-8-5-3-2-4-7(8)9(11)12;8-7(9)10-6-4-2-1-3-5-6/h2-5H,1H3,(H,11,12);1-5H,(H4,8,9,10). The second-order valence-electron chi connectivity index (χ2n) is 4.30. The number of aromatic carboxylic acids is 1. The summed E-state index contributed by atoms with van der Waals surface area (Å²) in [6.45, 7) is 1.22. The number of benzene rings is 2. The molecule has 23 heavy (non-hydrogen) atoms. The number of rotatable bonds is 3. The first-order valence-electron chi connectivity index (χ1n) is 6.57. The van der Waals surface area contributed by atoms with E-state index in [0.717, 1.165) is 5.69 Å². The van der Waals surface area contributed by atoms with E-state index < -0.39 is 11.9 Å². The van der Waals surface area contributed by atoms with Gasteiger partial charge < -0.3 is 20.9 Å². The number of ether oxygens (including phenoxy) is 1. The Morgan fingerprint density at radius 1 is 1.09 bits per heavy atom. The Kier molecular flexibility index (Phi) is 6.80. The predicted octanol–water partition coefficient (Wildman–Crippen LogP) is 2.30. The average Bonchev–Trinajstić information content (AvgIpc) is 2.48. The fourth-order valence-corrected chi connectivity index (χ4v) is 1.56. The molecule has 0 aromatic heterocycles. The number of nitrogens with one attached hydrogen (secondary N) is 2. The number of anilines is 1. The molecule has 0 radical (unpaired) electrons. The molecular weight excluding hydrogens is 298 g/mol. The van der Waals surface area contributed by atoms with Gasteiger partial charge in [0.25, 0.3) is 0 Å². The molecule has 120 valence electrons. The molecule has 0 saturated heterocycles. The fourth-order valence-electron chi connectivity index (χ4n) is 1.56. The molecule has 0 spiro atoms. The lowest BCUT2D eigenvalue weighted by Gasteiger charge is -2.03. The largest absolute Gasteiger partial charge is 0.478 e. The van der Waals surface area contributed by atoms with E-state index in [1.165, 1.54) is 19.1 Å². The number of nitrogens with two attached hydrogens (primary N) is 1. The van der Waals surface area contributed by atoms with Crippen molar-refractivity contribution in [2.45, 2.75) is 6.92 Å². The van der Waals surface area contributed by atoms with Gasteiger partial charge in [-0.2, -0.15) is 0 Å². The molecule has 0 fully saturated rings. The molecule has 7 nitrogen and oxygen atoms in total. The molecule has 0 bridgehead atoms. The van der Waals surface area contributed by atoms with Crippen LogP contribution < -0.4 is 15.8 Å². The Balaban J connectivity index is 0.000000238. The number of carboxylic acid groups (broad SMARTS) is 1. The summed E-state index contributed by atoms with van der Waals surface area (Å²) < 4.78 is 4.69. The number of esters is 1. The molecule has 5 N–H and O–H groups in total.